The van der Waals surface area contributed by atoms with Gasteiger partial charge in [-0.05, 0) is 72.1 Å². The van der Waals surface area contributed by atoms with Crippen molar-refractivity contribution in [2.75, 3.05) is 6.61 Å². The van der Waals surface area contributed by atoms with Gasteiger partial charge in [-0.2, -0.15) is 4.39 Å². The zero-order valence-electron chi connectivity index (χ0n) is 22.7. The van der Waals surface area contributed by atoms with Crippen LogP contribution >= 0.6 is 0 Å². The molecule has 0 heterocycles. The molecule has 202 valence electrons. The summed E-state index contributed by atoms with van der Waals surface area (Å²) in [6, 6.07) is 15.5. The minimum atomic E-state index is -0.968. The smallest absolute Gasteiger partial charge is 0.201 e. The molecule has 38 heavy (non-hydrogen) atoms. The molecule has 3 aromatic carbocycles. The van der Waals surface area contributed by atoms with Gasteiger partial charge in [0.25, 0.3) is 0 Å². The minimum absolute atomic E-state index is 0.0605. The summed E-state index contributed by atoms with van der Waals surface area (Å²) < 4.78 is 49.9. The number of hydrogen-bond acceptors (Lipinski definition) is 1. The van der Waals surface area contributed by atoms with Gasteiger partial charge in [-0.1, -0.05) is 94.8 Å². The average molecular weight is 521 g/mol. The zero-order valence-corrected chi connectivity index (χ0v) is 22.7. The monoisotopic (exact) mass is 520 g/mol. The molecule has 1 atom stereocenters. The van der Waals surface area contributed by atoms with E-state index in [1.54, 1.807) is 24.3 Å². The fraction of sp³-hybridized carbons (Fsp3) is 0.412. The number of rotatable bonds is 12. The molecular formula is C34H39F3O. The second-order valence-corrected chi connectivity index (χ2v) is 10.4. The standard InChI is InChI=1S/C34H39F3O/c1-3-5-7-9-24-10-12-26(13-11-24)29-19-18-28(23-31(29)35)25-14-16-27(17-15-25)30-20-21-32(34(37)33(30)36)38-22-8-6-4-2/h12,14-21,23-24H,3-11,13,22H2,1-2H3. The Labute approximate surface area is 225 Å². The minimum Gasteiger partial charge on any atom is -0.490 e. The molecule has 0 saturated carbocycles. The average Bonchev–Trinajstić information content (AvgIpc) is 2.94. The molecule has 4 rings (SSSR count). The Bertz CT molecular complexity index is 1230. The van der Waals surface area contributed by atoms with E-state index in [2.05, 4.69) is 19.9 Å². The van der Waals surface area contributed by atoms with Crippen molar-refractivity contribution in [3.8, 4) is 28.0 Å². The van der Waals surface area contributed by atoms with Crippen molar-refractivity contribution < 1.29 is 17.9 Å². The molecule has 0 aliphatic heterocycles. The molecule has 0 amide bonds. The molecule has 0 bridgehead atoms. The van der Waals surface area contributed by atoms with Crippen molar-refractivity contribution in [1.82, 2.24) is 0 Å². The Kier molecular flexibility index (Phi) is 10.1. The lowest BCUT2D eigenvalue weighted by Gasteiger charge is -2.22. The van der Waals surface area contributed by atoms with E-state index in [-0.39, 0.29) is 17.1 Å². The van der Waals surface area contributed by atoms with Gasteiger partial charge >= 0.3 is 0 Å². The van der Waals surface area contributed by atoms with Gasteiger partial charge in [0.2, 0.25) is 5.82 Å². The summed E-state index contributed by atoms with van der Waals surface area (Å²) in [7, 11) is 0. The Hall–Kier alpha value is -3.01. The normalized spacial score (nSPS) is 15.4. The van der Waals surface area contributed by atoms with E-state index in [1.165, 1.54) is 31.7 Å². The van der Waals surface area contributed by atoms with Gasteiger partial charge in [-0.25, -0.2) is 8.78 Å². The Morgan fingerprint density at radius 3 is 2.11 bits per heavy atom. The number of allylic oxidation sites excluding steroid dienone is 2. The van der Waals surface area contributed by atoms with Crippen LogP contribution in [0.3, 0.4) is 0 Å². The number of benzene rings is 3. The van der Waals surface area contributed by atoms with Crippen molar-refractivity contribution in [1.29, 1.82) is 0 Å². The number of halogens is 3. The van der Waals surface area contributed by atoms with Crippen LogP contribution in [-0.2, 0) is 0 Å². The van der Waals surface area contributed by atoms with Crippen LogP contribution < -0.4 is 4.74 Å². The highest BCUT2D eigenvalue weighted by Gasteiger charge is 2.18. The highest BCUT2D eigenvalue weighted by atomic mass is 19.2. The molecule has 0 aromatic heterocycles. The Morgan fingerprint density at radius 2 is 1.42 bits per heavy atom. The van der Waals surface area contributed by atoms with Crippen LogP contribution in [-0.4, -0.2) is 6.61 Å². The van der Waals surface area contributed by atoms with E-state index in [9.17, 15) is 8.78 Å². The lowest BCUT2D eigenvalue weighted by molar-refractivity contribution is 0.286. The van der Waals surface area contributed by atoms with Crippen molar-refractivity contribution in [2.24, 2.45) is 5.92 Å². The van der Waals surface area contributed by atoms with E-state index < -0.39 is 11.6 Å². The Morgan fingerprint density at radius 1 is 0.737 bits per heavy atom. The highest BCUT2D eigenvalue weighted by molar-refractivity contribution is 5.74. The van der Waals surface area contributed by atoms with Crippen LogP contribution in [0.1, 0.15) is 83.6 Å². The topological polar surface area (TPSA) is 9.23 Å². The van der Waals surface area contributed by atoms with Gasteiger partial charge < -0.3 is 4.74 Å². The highest BCUT2D eigenvalue weighted by Crippen LogP contribution is 2.36. The summed E-state index contributed by atoms with van der Waals surface area (Å²) in [6.07, 6.45) is 13.2. The first-order valence-electron chi connectivity index (χ1n) is 14.2. The first kappa shape index (κ1) is 28.0. The van der Waals surface area contributed by atoms with E-state index >= 15 is 4.39 Å². The molecule has 0 fully saturated rings. The molecule has 1 nitrogen and oxygen atoms in total. The van der Waals surface area contributed by atoms with Gasteiger partial charge in [-0.3, -0.25) is 0 Å². The molecule has 1 aliphatic rings. The zero-order chi connectivity index (χ0) is 26.9. The van der Waals surface area contributed by atoms with Gasteiger partial charge in [0, 0.05) is 11.1 Å². The third-order valence-electron chi connectivity index (χ3n) is 7.63. The lowest BCUT2D eigenvalue weighted by atomic mass is 9.83. The van der Waals surface area contributed by atoms with Crippen molar-refractivity contribution >= 4 is 5.57 Å². The number of ether oxygens (including phenoxy) is 1. The largest absolute Gasteiger partial charge is 0.490 e. The quantitative estimate of drug-likeness (QED) is 0.216. The van der Waals surface area contributed by atoms with Gasteiger partial charge in [-0.15, -0.1) is 0 Å². The van der Waals surface area contributed by atoms with Crippen LogP contribution in [0.15, 0.2) is 60.7 Å². The van der Waals surface area contributed by atoms with E-state index in [1.807, 2.05) is 24.3 Å². The Balaban J connectivity index is 1.44. The van der Waals surface area contributed by atoms with Crippen LogP contribution in [0.4, 0.5) is 13.2 Å². The molecule has 1 unspecified atom stereocenters. The lowest BCUT2D eigenvalue weighted by Crippen LogP contribution is -2.06. The SMILES string of the molecule is CCCCCOc1ccc(-c2ccc(-c3ccc(C4=CCC(CCCCC)CC4)c(F)c3)cc2)c(F)c1F. The van der Waals surface area contributed by atoms with Crippen LogP contribution in [0, 0.1) is 23.4 Å². The molecule has 0 saturated heterocycles. The third-order valence-corrected chi connectivity index (χ3v) is 7.63. The molecule has 3 aromatic rings. The molecule has 4 heteroatoms. The van der Waals surface area contributed by atoms with Crippen LogP contribution in [0.5, 0.6) is 5.75 Å². The second-order valence-electron chi connectivity index (χ2n) is 10.4. The van der Waals surface area contributed by atoms with E-state index in [4.69, 9.17) is 4.74 Å². The van der Waals surface area contributed by atoms with E-state index in [0.717, 1.165) is 61.1 Å². The second kappa shape index (κ2) is 13.7. The summed E-state index contributed by atoms with van der Waals surface area (Å²) in [5.41, 5.74) is 4.10. The van der Waals surface area contributed by atoms with Crippen molar-refractivity contribution in [3.63, 3.8) is 0 Å². The third kappa shape index (κ3) is 6.89. The summed E-state index contributed by atoms with van der Waals surface area (Å²) in [6.45, 7) is 4.67. The maximum Gasteiger partial charge on any atom is 0.201 e. The summed E-state index contributed by atoms with van der Waals surface area (Å²) in [5.74, 6) is -1.45. The van der Waals surface area contributed by atoms with Crippen molar-refractivity contribution in [3.05, 3.63) is 83.7 Å². The molecule has 0 N–H and O–H groups in total. The summed E-state index contributed by atoms with van der Waals surface area (Å²) in [5, 5.41) is 0. The fourth-order valence-corrected chi connectivity index (χ4v) is 5.28. The fourth-order valence-electron chi connectivity index (χ4n) is 5.28. The predicted molar refractivity (Wildman–Crippen MR) is 152 cm³/mol. The van der Waals surface area contributed by atoms with E-state index in [0.29, 0.717) is 17.7 Å². The maximum absolute atomic E-state index is 15.1. The summed E-state index contributed by atoms with van der Waals surface area (Å²) in [4.78, 5) is 0. The number of hydrogen-bond donors (Lipinski definition) is 0. The molecule has 0 radical (unpaired) electrons. The predicted octanol–water partition coefficient (Wildman–Crippen LogP) is 10.8. The van der Waals surface area contributed by atoms with Gasteiger partial charge in [0.15, 0.2) is 11.6 Å². The van der Waals surface area contributed by atoms with Crippen molar-refractivity contribution in [2.45, 2.75) is 78.1 Å². The first-order valence-corrected chi connectivity index (χ1v) is 14.2. The summed E-state index contributed by atoms with van der Waals surface area (Å²) >= 11 is 0. The molecule has 1 aliphatic carbocycles. The first-order chi connectivity index (χ1) is 18.5. The van der Waals surface area contributed by atoms with Crippen LogP contribution in [0.25, 0.3) is 27.8 Å². The number of unbranched alkanes of at least 4 members (excludes halogenated alkanes) is 4. The van der Waals surface area contributed by atoms with Gasteiger partial charge in [0.05, 0.1) is 6.61 Å². The molecule has 0 spiro atoms. The molecular weight excluding hydrogens is 481 g/mol. The maximum atomic E-state index is 15.1. The van der Waals surface area contributed by atoms with Crippen LogP contribution in [0.2, 0.25) is 0 Å². The van der Waals surface area contributed by atoms with Gasteiger partial charge in [0.1, 0.15) is 5.82 Å².